The van der Waals surface area contributed by atoms with Crippen LogP contribution in [0.25, 0.3) is 17.0 Å². The molecular formula is C27H19FN4O4. The molecule has 0 atom stereocenters. The van der Waals surface area contributed by atoms with Gasteiger partial charge < -0.3 is 9.88 Å². The van der Waals surface area contributed by atoms with Crippen LogP contribution in [0, 0.1) is 5.82 Å². The van der Waals surface area contributed by atoms with E-state index in [1.54, 1.807) is 35.0 Å². The topological polar surface area (TPSA) is 101 Å². The van der Waals surface area contributed by atoms with E-state index in [1.165, 1.54) is 24.3 Å². The first kappa shape index (κ1) is 22.7. The van der Waals surface area contributed by atoms with Crippen LogP contribution in [0.2, 0.25) is 0 Å². The highest BCUT2D eigenvalue weighted by Crippen LogP contribution is 2.27. The number of benzene rings is 3. The molecule has 3 aromatic carbocycles. The number of hydrogen-bond acceptors (Lipinski definition) is 4. The van der Waals surface area contributed by atoms with E-state index in [9.17, 15) is 23.6 Å². The minimum Gasteiger partial charge on any atom is -0.337 e. The number of aromatic nitrogens is 1. The summed E-state index contributed by atoms with van der Waals surface area (Å²) in [5, 5.41) is 5.60. The second kappa shape index (κ2) is 9.30. The number of amides is 5. The molecule has 0 spiro atoms. The number of rotatable bonds is 5. The number of imide groups is 2. The Hall–Kier alpha value is -5.05. The fourth-order valence-corrected chi connectivity index (χ4v) is 4.06. The SMILES string of the molecule is O=C(Cn1cc(C=C2C(=O)NC(=O)N(c3ccccc3F)C2=O)c2ccccc21)Nc1ccccc1. The highest BCUT2D eigenvalue weighted by molar-refractivity contribution is 6.39. The standard InChI is InChI=1S/C27H19FN4O4/c28-21-11-5-7-13-23(21)32-26(35)20(25(34)30-27(32)36)14-17-15-31(22-12-6-4-10-19(17)22)16-24(33)29-18-8-2-1-3-9-18/h1-15H,16H2,(H,29,33)(H,30,34,36). The zero-order valence-corrected chi connectivity index (χ0v) is 18.8. The van der Waals surface area contributed by atoms with Crippen LogP contribution in [0.15, 0.2) is 90.6 Å². The number of carbonyl (C=O) groups is 4. The number of para-hydroxylation sites is 3. The molecule has 1 aliphatic rings. The van der Waals surface area contributed by atoms with E-state index < -0.39 is 23.7 Å². The number of anilines is 2. The lowest BCUT2D eigenvalue weighted by Gasteiger charge is -2.26. The van der Waals surface area contributed by atoms with Gasteiger partial charge in [-0.15, -0.1) is 0 Å². The first-order chi connectivity index (χ1) is 17.4. The number of nitrogens with one attached hydrogen (secondary N) is 2. The zero-order valence-electron chi connectivity index (χ0n) is 18.8. The lowest BCUT2D eigenvalue weighted by molar-refractivity contribution is -0.122. The van der Waals surface area contributed by atoms with Gasteiger partial charge in [-0.25, -0.2) is 14.1 Å². The lowest BCUT2D eigenvalue weighted by Crippen LogP contribution is -2.54. The predicted octanol–water partition coefficient (Wildman–Crippen LogP) is 4.09. The molecule has 1 aromatic heterocycles. The van der Waals surface area contributed by atoms with Crippen molar-refractivity contribution in [1.82, 2.24) is 9.88 Å². The third-order valence-corrected chi connectivity index (χ3v) is 5.69. The molecule has 2 heterocycles. The maximum absolute atomic E-state index is 14.3. The monoisotopic (exact) mass is 482 g/mol. The molecule has 0 radical (unpaired) electrons. The Morgan fingerprint density at radius 3 is 2.39 bits per heavy atom. The molecule has 1 aliphatic heterocycles. The van der Waals surface area contributed by atoms with Crippen molar-refractivity contribution in [2.45, 2.75) is 6.54 Å². The molecule has 5 amide bonds. The van der Waals surface area contributed by atoms with Gasteiger partial charge in [0.2, 0.25) is 5.91 Å². The average molecular weight is 482 g/mol. The summed E-state index contributed by atoms with van der Waals surface area (Å²) in [6.07, 6.45) is 2.98. The molecule has 2 N–H and O–H groups in total. The number of urea groups is 1. The van der Waals surface area contributed by atoms with Gasteiger partial charge in [-0.2, -0.15) is 0 Å². The summed E-state index contributed by atoms with van der Waals surface area (Å²) in [5.74, 6) is -2.89. The summed E-state index contributed by atoms with van der Waals surface area (Å²) < 4.78 is 16.0. The number of halogens is 1. The third kappa shape index (κ3) is 4.25. The Kier molecular flexibility index (Phi) is 5.87. The van der Waals surface area contributed by atoms with E-state index in [4.69, 9.17) is 0 Å². The Labute approximate surface area is 204 Å². The van der Waals surface area contributed by atoms with Crippen LogP contribution in [-0.4, -0.2) is 28.3 Å². The van der Waals surface area contributed by atoms with Gasteiger partial charge in [0.25, 0.3) is 11.8 Å². The number of nitrogens with zero attached hydrogens (tertiary/aromatic N) is 2. The van der Waals surface area contributed by atoms with Crippen LogP contribution in [0.3, 0.4) is 0 Å². The number of fused-ring (bicyclic) bond motifs is 1. The van der Waals surface area contributed by atoms with Gasteiger partial charge in [0, 0.05) is 28.4 Å². The van der Waals surface area contributed by atoms with E-state index in [2.05, 4.69) is 10.6 Å². The van der Waals surface area contributed by atoms with Crippen molar-refractivity contribution in [3.8, 4) is 0 Å². The highest BCUT2D eigenvalue weighted by atomic mass is 19.1. The molecule has 0 unspecified atom stereocenters. The largest absolute Gasteiger partial charge is 0.337 e. The number of hydrogen-bond donors (Lipinski definition) is 2. The molecule has 4 aromatic rings. The minimum atomic E-state index is -1.03. The average Bonchev–Trinajstić information content (AvgIpc) is 3.20. The summed E-state index contributed by atoms with van der Waals surface area (Å²) in [6, 6.07) is 20.5. The van der Waals surface area contributed by atoms with Crippen molar-refractivity contribution in [3.63, 3.8) is 0 Å². The predicted molar refractivity (Wildman–Crippen MR) is 132 cm³/mol. The van der Waals surface area contributed by atoms with Crippen molar-refractivity contribution in [3.05, 3.63) is 102 Å². The minimum absolute atomic E-state index is 0.0153. The van der Waals surface area contributed by atoms with Crippen molar-refractivity contribution < 1.29 is 23.6 Å². The van der Waals surface area contributed by atoms with Crippen molar-refractivity contribution >= 4 is 52.1 Å². The van der Waals surface area contributed by atoms with Gasteiger partial charge in [-0.1, -0.05) is 48.5 Å². The molecule has 36 heavy (non-hydrogen) atoms. The summed E-state index contributed by atoms with van der Waals surface area (Å²) in [6.45, 7) is -0.0153. The van der Waals surface area contributed by atoms with Gasteiger partial charge in [0.1, 0.15) is 17.9 Å². The Bertz CT molecular complexity index is 1560. The lowest BCUT2D eigenvalue weighted by atomic mass is 10.1. The quantitative estimate of drug-likeness (QED) is 0.331. The summed E-state index contributed by atoms with van der Waals surface area (Å²) in [5.41, 5.74) is 1.24. The molecule has 5 rings (SSSR count). The van der Waals surface area contributed by atoms with E-state index in [0.29, 0.717) is 27.1 Å². The number of carbonyl (C=O) groups excluding carboxylic acids is 4. The fraction of sp³-hybridized carbons (Fsp3) is 0.0370. The Balaban J connectivity index is 1.50. The van der Waals surface area contributed by atoms with Crippen molar-refractivity contribution in [2.75, 3.05) is 10.2 Å². The van der Waals surface area contributed by atoms with Crippen molar-refractivity contribution in [2.24, 2.45) is 0 Å². The van der Waals surface area contributed by atoms with Crippen LogP contribution in [0.5, 0.6) is 0 Å². The highest BCUT2D eigenvalue weighted by Gasteiger charge is 2.38. The van der Waals surface area contributed by atoms with Gasteiger partial charge in [-0.05, 0) is 36.4 Å². The number of barbiturate groups is 1. The van der Waals surface area contributed by atoms with Gasteiger partial charge in [-0.3, -0.25) is 19.7 Å². The maximum atomic E-state index is 14.3. The van der Waals surface area contributed by atoms with Gasteiger partial charge in [0.15, 0.2) is 0 Å². The summed E-state index contributed by atoms with van der Waals surface area (Å²) >= 11 is 0. The summed E-state index contributed by atoms with van der Waals surface area (Å²) in [4.78, 5) is 51.4. The van der Waals surface area contributed by atoms with Crippen molar-refractivity contribution in [1.29, 1.82) is 0 Å². The molecule has 1 fully saturated rings. The van der Waals surface area contributed by atoms with Crippen LogP contribution in [0.1, 0.15) is 5.56 Å². The van der Waals surface area contributed by atoms with Crippen LogP contribution >= 0.6 is 0 Å². The first-order valence-corrected chi connectivity index (χ1v) is 11.0. The normalized spacial score (nSPS) is 14.9. The molecular weight excluding hydrogens is 463 g/mol. The van der Waals surface area contributed by atoms with Crippen LogP contribution in [0.4, 0.5) is 20.6 Å². The van der Waals surface area contributed by atoms with Crippen LogP contribution < -0.4 is 15.5 Å². The molecule has 178 valence electrons. The van der Waals surface area contributed by atoms with Gasteiger partial charge >= 0.3 is 6.03 Å². The molecule has 0 saturated carbocycles. The fourth-order valence-electron chi connectivity index (χ4n) is 4.06. The van der Waals surface area contributed by atoms with E-state index in [0.717, 1.165) is 6.07 Å². The van der Waals surface area contributed by atoms with E-state index in [-0.39, 0.29) is 23.7 Å². The molecule has 0 bridgehead atoms. The van der Waals surface area contributed by atoms with Crippen LogP contribution in [-0.2, 0) is 20.9 Å². The Morgan fingerprint density at radius 2 is 1.61 bits per heavy atom. The van der Waals surface area contributed by atoms with E-state index >= 15 is 0 Å². The molecule has 8 nitrogen and oxygen atoms in total. The molecule has 0 aliphatic carbocycles. The zero-order chi connectivity index (χ0) is 25.2. The van der Waals surface area contributed by atoms with E-state index in [1.807, 2.05) is 30.3 Å². The van der Waals surface area contributed by atoms with Gasteiger partial charge in [0.05, 0.1) is 5.69 Å². The maximum Gasteiger partial charge on any atom is 0.336 e. The summed E-state index contributed by atoms with van der Waals surface area (Å²) in [7, 11) is 0. The third-order valence-electron chi connectivity index (χ3n) is 5.69. The first-order valence-electron chi connectivity index (χ1n) is 11.0. The second-order valence-corrected chi connectivity index (χ2v) is 8.05. The smallest absolute Gasteiger partial charge is 0.336 e. The molecule has 1 saturated heterocycles. The Morgan fingerprint density at radius 1 is 0.917 bits per heavy atom. The second-order valence-electron chi connectivity index (χ2n) is 8.05. The molecule has 9 heteroatoms.